The second-order valence-electron chi connectivity index (χ2n) is 4.85. The largest absolute Gasteiger partial charge is 0.371 e. The molecule has 1 rings (SSSR count). The Labute approximate surface area is 110 Å². The molecule has 102 valence electrons. The molecule has 0 unspecified atom stereocenters. The second-order valence-corrected chi connectivity index (χ2v) is 6.53. The molecule has 1 aliphatic heterocycles. The molecule has 0 spiro atoms. The van der Waals surface area contributed by atoms with Gasteiger partial charge in [-0.05, 0) is 45.3 Å². The van der Waals surface area contributed by atoms with Crippen molar-refractivity contribution in [2.45, 2.75) is 33.1 Å². The number of nitrogens with zero attached hydrogens (tertiary/aromatic N) is 2. The van der Waals surface area contributed by atoms with Crippen molar-refractivity contribution >= 4 is 16.2 Å². The average Bonchev–Trinajstić information content (AvgIpc) is 2.27. The Morgan fingerprint density at radius 2 is 1.78 bits per heavy atom. The molecule has 0 aromatic heterocycles. The van der Waals surface area contributed by atoms with Crippen molar-refractivity contribution in [2.75, 3.05) is 19.3 Å². The van der Waals surface area contributed by atoms with Gasteiger partial charge in [0.1, 0.15) is 0 Å². The zero-order valence-electron chi connectivity index (χ0n) is 11.4. The van der Waals surface area contributed by atoms with Crippen LogP contribution in [-0.4, -0.2) is 38.9 Å². The first-order chi connectivity index (χ1) is 8.38. The molecule has 1 fully saturated rings. The first-order valence-electron chi connectivity index (χ1n) is 6.24. The summed E-state index contributed by atoms with van der Waals surface area (Å²) in [6.45, 7) is 6.13. The molecular formula is C13H22N2O2S. The van der Waals surface area contributed by atoms with Crippen LogP contribution in [0.3, 0.4) is 0 Å². The lowest BCUT2D eigenvalue weighted by Crippen LogP contribution is -2.28. The molecule has 4 nitrogen and oxygen atoms in total. The van der Waals surface area contributed by atoms with Crippen LogP contribution < -0.4 is 0 Å². The van der Waals surface area contributed by atoms with Gasteiger partial charge in [-0.3, -0.25) is 0 Å². The van der Waals surface area contributed by atoms with Crippen molar-refractivity contribution in [3.05, 3.63) is 23.4 Å². The number of hydrogen-bond acceptors (Lipinski definition) is 3. The van der Waals surface area contributed by atoms with E-state index in [-0.39, 0.29) is 0 Å². The van der Waals surface area contributed by atoms with Crippen molar-refractivity contribution in [1.29, 1.82) is 0 Å². The number of likely N-dealkylation sites (tertiary alicyclic amines) is 1. The maximum Gasteiger partial charge on any atom is 0.250 e. The van der Waals surface area contributed by atoms with Crippen molar-refractivity contribution in [1.82, 2.24) is 4.90 Å². The van der Waals surface area contributed by atoms with Gasteiger partial charge in [0.25, 0.3) is 0 Å². The van der Waals surface area contributed by atoms with E-state index in [1.807, 2.05) is 13.8 Å². The average molecular weight is 270 g/mol. The van der Waals surface area contributed by atoms with Crippen LogP contribution in [0.5, 0.6) is 0 Å². The van der Waals surface area contributed by atoms with Gasteiger partial charge in [-0.1, -0.05) is 5.57 Å². The highest BCUT2D eigenvalue weighted by Gasteiger charge is 2.11. The summed E-state index contributed by atoms with van der Waals surface area (Å²) in [5.41, 5.74) is 2.24. The summed E-state index contributed by atoms with van der Waals surface area (Å²) in [6.07, 6.45) is 9.97. The Bertz CT molecular complexity index is 451. The third-order valence-electron chi connectivity index (χ3n) is 2.66. The van der Waals surface area contributed by atoms with Gasteiger partial charge in [-0.2, -0.15) is 4.40 Å². The molecule has 0 aromatic rings. The molecule has 0 aromatic carbocycles. The Balaban J connectivity index is 2.87. The Kier molecular flexibility index (Phi) is 5.59. The number of piperidine rings is 1. The molecule has 0 saturated carbocycles. The van der Waals surface area contributed by atoms with Crippen LogP contribution in [-0.2, 0) is 10.0 Å². The minimum absolute atomic E-state index is 1.03. The van der Waals surface area contributed by atoms with Gasteiger partial charge in [-0.15, -0.1) is 0 Å². The summed E-state index contributed by atoms with van der Waals surface area (Å²) in [6, 6.07) is 0. The van der Waals surface area contributed by atoms with E-state index in [2.05, 4.69) is 15.4 Å². The molecule has 0 N–H and O–H groups in total. The number of allylic oxidation sites excluding steroid dienone is 3. The molecule has 0 atom stereocenters. The zero-order valence-corrected chi connectivity index (χ0v) is 12.2. The predicted octanol–water partition coefficient (Wildman–Crippen LogP) is 2.35. The van der Waals surface area contributed by atoms with Gasteiger partial charge >= 0.3 is 0 Å². The van der Waals surface area contributed by atoms with Crippen molar-refractivity contribution < 1.29 is 8.42 Å². The molecule has 1 heterocycles. The van der Waals surface area contributed by atoms with Crippen LogP contribution in [0.1, 0.15) is 33.1 Å². The van der Waals surface area contributed by atoms with Crippen LogP contribution in [0, 0.1) is 0 Å². The van der Waals surface area contributed by atoms with Crippen molar-refractivity contribution in [2.24, 2.45) is 4.40 Å². The summed E-state index contributed by atoms with van der Waals surface area (Å²) in [5.74, 6) is 0. The van der Waals surface area contributed by atoms with E-state index in [1.54, 1.807) is 6.08 Å². The predicted molar refractivity (Wildman–Crippen MR) is 76.3 cm³/mol. The van der Waals surface area contributed by atoms with Gasteiger partial charge in [0.15, 0.2) is 0 Å². The molecule has 0 radical (unpaired) electrons. The summed E-state index contributed by atoms with van der Waals surface area (Å²) < 4.78 is 25.4. The monoisotopic (exact) mass is 270 g/mol. The van der Waals surface area contributed by atoms with E-state index in [1.165, 1.54) is 31.1 Å². The summed E-state index contributed by atoms with van der Waals surface area (Å²) in [7, 11) is -3.29. The van der Waals surface area contributed by atoms with Crippen LogP contribution in [0.15, 0.2) is 27.8 Å². The Morgan fingerprint density at radius 3 is 2.28 bits per heavy atom. The highest BCUT2D eigenvalue weighted by atomic mass is 32.2. The van der Waals surface area contributed by atoms with Crippen molar-refractivity contribution in [3.8, 4) is 0 Å². The number of hydrogen-bond donors (Lipinski definition) is 0. The topological polar surface area (TPSA) is 49.7 Å². The SMILES string of the molecule is CC(C)=C/C(=C\C=NS(C)(=O)=O)N1CCCCC1. The van der Waals surface area contributed by atoms with Crippen LogP contribution in [0.25, 0.3) is 0 Å². The van der Waals surface area contributed by atoms with E-state index in [9.17, 15) is 8.42 Å². The molecule has 0 bridgehead atoms. The van der Waals surface area contributed by atoms with E-state index in [0.717, 1.165) is 25.0 Å². The standard InChI is InChI=1S/C13H22N2O2S/c1-12(2)11-13(7-8-14-18(3,16)17)15-9-5-4-6-10-15/h7-8,11H,4-6,9-10H2,1-3H3/b13-7+,14-8?. The lowest BCUT2D eigenvalue weighted by atomic mass is 10.1. The van der Waals surface area contributed by atoms with Gasteiger partial charge in [0, 0.05) is 25.0 Å². The quantitative estimate of drug-likeness (QED) is 0.582. The third kappa shape index (κ3) is 6.00. The van der Waals surface area contributed by atoms with Crippen LogP contribution >= 0.6 is 0 Å². The maximum absolute atomic E-state index is 11.0. The van der Waals surface area contributed by atoms with Gasteiger partial charge in [0.2, 0.25) is 10.0 Å². The smallest absolute Gasteiger partial charge is 0.250 e. The molecule has 0 aliphatic carbocycles. The third-order valence-corrected chi connectivity index (χ3v) is 3.16. The molecule has 1 aliphatic rings. The minimum Gasteiger partial charge on any atom is -0.371 e. The first-order valence-corrected chi connectivity index (χ1v) is 8.09. The van der Waals surface area contributed by atoms with Gasteiger partial charge in [-0.25, -0.2) is 8.42 Å². The highest BCUT2D eigenvalue weighted by Crippen LogP contribution is 2.16. The van der Waals surface area contributed by atoms with E-state index in [4.69, 9.17) is 0 Å². The molecule has 5 heteroatoms. The molecular weight excluding hydrogens is 248 g/mol. The highest BCUT2D eigenvalue weighted by molar-refractivity contribution is 7.89. The molecule has 0 amide bonds. The van der Waals surface area contributed by atoms with E-state index < -0.39 is 10.0 Å². The van der Waals surface area contributed by atoms with Crippen LogP contribution in [0.2, 0.25) is 0 Å². The maximum atomic E-state index is 11.0. The fraction of sp³-hybridized carbons (Fsp3) is 0.615. The summed E-state index contributed by atoms with van der Waals surface area (Å²) in [5, 5.41) is 0. The fourth-order valence-corrected chi connectivity index (χ4v) is 2.19. The first kappa shape index (κ1) is 15.0. The molecule has 1 saturated heterocycles. The number of rotatable bonds is 4. The fourth-order valence-electron chi connectivity index (χ4n) is 1.91. The Hall–Kier alpha value is -1.10. The zero-order chi connectivity index (χ0) is 13.6. The normalized spacial score (nSPS) is 18.2. The van der Waals surface area contributed by atoms with Gasteiger partial charge in [0.05, 0.1) is 6.26 Å². The van der Waals surface area contributed by atoms with E-state index >= 15 is 0 Å². The van der Waals surface area contributed by atoms with Crippen molar-refractivity contribution in [3.63, 3.8) is 0 Å². The summed E-state index contributed by atoms with van der Waals surface area (Å²) >= 11 is 0. The molecule has 18 heavy (non-hydrogen) atoms. The van der Waals surface area contributed by atoms with Crippen LogP contribution in [0.4, 0.5) is 0 Å². The minimum atomic E-state index is -3.29. The lowest BCUT2D eigenvalue weighted by molar-refractivity contribution is 0.293. The Morgan fingerprint density at radius 1 is 1.17 bits per heavy atom. The van der Waals surface area contributed by atoms with Gasteiger partial charge < -0.3 is 4.90 Å². The van der Waals surface area contributed by atoms with E-state index in [0.29, 0.717) is 0 Å². The lowest BCUT2D eigenvalue weighted by Gasteiger charge is -2.29. The number of sulfonamides is 1. The second kappa shape index (κ2) is 6.73. The summed E-state index contributed by atoms with van der Waals surface area (Å²) in [4.78, 5) is 2.28.